The van der Waals surface area contributed by atoms with Crippen LogP contribution in [0.1, 0.15) is 10.4 Å². The average molecular weight is 277 g/mol. The third kappa shape index (κ3) is 1.85. The summed E-state index contributed by atoms with van der Waals surface area (Å²) in [6.45, 7) is 0. The molecule has 0 aliphatic rings. The Morgan fingerprint density at radius 3 is 3.14 bits per heavy atom. The second-order valence-corrected chi connectivity index (χ2v) is 4.64. The molecule has 1 amide bonds. The maximum Gasteiger partial charge on any atom is 0.261 e. The first-order valence-electron chi connectivity index (χ1n) is 6.49. The van der Waals surface area contributed by atoms with E-state index in [2.05, 4.69) is 20.4 Å². The molecule has 4 aromatic rings. The van der Waals surface area contributed by atoms with Crippen molar-refractivity contribution in [2.24, 2.45) is 0 Å². The van der Waals surface area contributed by atoms with Gasteiger partial charge in [-0.15, -0.1) is 0 Å². The van der Waals surface area contributed by atoms with E-state index in [9.17, 15) is 4.79 Å². The lowest BCUT2D eigenvalue weighted by atomic mass is 10.2. The predicted molar refractivity (Wildman–Crippen MR) is 79.2 cm³/mol. The molecular formula is C15H11N5O. The van der Waals surface area contributed by atoms with Crippen LogP contribution in [0.4, 0.5) is 5.69 Å². The Balaban J connectivity index is 1.74. The Hall–Kier alpha value is -3.15. The van der Waals surface area contributed by atoms with Crippen molar-refractivity contribution in [1.82, 2.24) is 19.6 Å². The lowest BCUT2D eigenvalue weighted by molar-refractivity contribution is 0.102. The number of aromatic amines is 1. The number of hydrogen-bond donors (Lipinski definition) is 2. The lowest BCUT2D eigenvalue weighted by Crippen LogP contribution is -2.12. The molecule has 6 nitrogen and oxygen atoms in total. The number of carbonyl (C=O) groups is 1. The van der Waals surface area contributed by atoms with Crippen molar-refractivity contribution in [3.05, 3.63) is 60.7 Å². The first-order chi connectivity index (χ1) is 10.3. The molecule has 0 aliphatic carbocycles. The summed E-state index contributed by atoms with van der Waals surface area (Å²) in [5.74, 6) is -0.225. The van der Waals surface area contributed by atoms with Crippen LogP contribution in [0.3, 0.4) is 0 Å². The van der Waals surface area contributed by atoms with E-state index in [1.165, 1.54) is 6.20 Å². The van der Waals surface area contributed by atoms with Gasteiger partial charge in [0, 0.05) is 29.5 Å². The molecule has 21 heavy (non-hydrogen) atoms. The summed E-state index contributed by atoms with van der Waals surface area (Å²) in [5.41, 5.74) is 2.72. The van der Waals surface area contributed by atoms with Crippen LogP contribution in [-0.2, 0) is 0 Å². The van der Waals surface area contributed by atoms with Crippen molar-refractivity contribution >= 4 is 28.1 Å². The molecule has 1 aromatic carbocycles. The Labute approximate surface area is 119 Å². The molecule has 102 valence electrons. The van der Waals surface area contributed by atoms with E-state index in [1.807, 2.05) is 30.5 Å². The Bertz CT molecular complexity index is 953. The quantitative estimate of drug-likeness (QED) is 0.591. The molecule has 0 fully saturated rings. The minimum Gasteiger partial charge on any atom is -0.361 e. The van der Waals surface area contributed by atoms with Gasteiger partial charge in [0.15, 0.2) is 5.65 Å². The fraction of sp³-hybridized carbons (Fsp3) is 0. The summed E-state index contributed by atoms with van der Waals surface area (Å²) in [5, 5.41) is 8.00. The van der Waals surface area contributed by atoms with Gasteiger partial charge in [-0.3, -0.25) is 4.79 Å². The monoisotopic (exact) mass is 277 g/mol. The van der Waals surface area contributed by atoms with Crippen molar-refractivity contribution in [2.75, 3.05) is 5.32 Å². The summed E-state index contributed by atoms with van der Waals surface area (Å²) < 4.78 is 1.58. The molecule has 0 spiro atoms. The van der Waals surface area contributed by atoms with E-state index in [0.29, 0.717) is 11.2 Å². The third-order valence-electron chi connectivity index (χ3n) is 3.37. The first-order valence-corrected chi connectivity index (χ1v) is 6.49. The lowest BCUT2D eigenvalue weighted by Gasteiger charge is -2.05. The number of aromatic nitrogens is 4. The van der Waals surface area contributed by atoms with E-state index in [4.69, 9.17) is 0 Å². The largest absolute Gasteiger partial charge is 0.361 e. The Kier molecular flexibility index (Phi) is 2.47. The average Bonchev–Trinajstić information content (AvgIpc) is 3.14. The van der Waals surface area contributed by atoms with E-state index in [-0.39, 0.29) is 5.91 Å². The van der Waals surface area contributed by atoms with Gasteiger partial charge in [0.05, 0.1) is 11.9 Å². The van der Waals surface area contributed by atoms with Crippen LogP contribution < -0.4 is 5.32 Å². The number of carbonyl (C=O) groups excluding carboxylic acids is 1. The summed E-state index contributed by atoms with van der Waals surface area (Å²) in [7, 11) is 0. The van der Waals surface area contributed by atoms with Crippen LogP contribution in [-0.4, -0.2) is 25.5 Å². The molecular weight excluding hydrogens is 266 g/mol. The van der Waals surface area contributed by atoms with Gasteiger partial charge in [-0.05, 0) is 24.3 Å². The zero-order valence-electron chi connectivity index (χ0n) is 10.9. The van der Waals surface area contributed by atoms with E-state index in [1.54, 1.807) is 23.0 Å². The number of nitrogens with one attached hydrogen (secondary N) is 2. The first kappa shape index (κ1) is 11.7. The van der Waals surface area contributed by atoms with Gasteiger partial charge in [-0.25, -0.2) is 9.50 Å². The minimum atomic E-state index is -0.225. The summed E-state index contributed by atoms with van der Waals surface area (Å²) in [6.07, 6.45) is 6.76. The van der Waals surface area contributed by atoms with Gasteiger partial charge in [0.2, 0.25) is 0 Å². The van der Waals surface area contributed by atoms with Gasteiger partial charge in [-0.2, -0.15) is 5.10 Å². The Morgan fingerprint density at radius 1 is 1.24 bits per heavy atom. The summed E-state index contributed by atoms with van der Waals surface area (Å²) in [6, 6.07) is 9.42. The fourth-order valence-corrected chi connectivity index (χ4v) is 2.37. The van der Waals surface area contributed by atoms with Crippen LogP contribution in [0.15, 0.2) is 55.1 Å². The highest BCUT2D eigenvalue weighted by atomic mass is 16.1. The summed E-state index contributed by atoms with van der Waals surface area (Å²) >= 11 is 0. The molecule has 2 N–H and O–H groups in total. The van der Waals surface area contributed by atoms with Crippen molar-refractivity contribution in [2.45, 2.75) is 0 Å². The van der Waals surface area contributed by atoms with E-state index >= 15 is 0 Å². The number of H-pyrrole nitrogens is 1. The maximum atomic E-state index is 12.4. The Morgan fingerprint density at radius 2 is 2.19 bits per heavy atom. The second kappa shape index (κ2) is 4.45. The molecule has 0 radical (unpaired) electrons. The molecule has 0 unspecified atom stereocenters. The second-order valence-electron chi connectivity index (χ2n) is 4.64. The van der Waals surface area contributed by atoms with Crippen molar-refractivity contribution in [3.8, 4) is 0 Å². The van der Waals surface area contributed by atoms with Crippen molar-refractivity contribution < 1.29 is 4.79 Å². The third-order valence-corrected chi connectivity index (χ3v) is 3.37. The van der Waals surface area contributed by atoms with Crippen LogP contribution >= 0.6 is 0 Å². The number of fused-ring (bicyclic) bond motifs is 2. The molecule has 0 atom stereocenters. The van der Waals surface area contributed by atoms with Gasteiger partial charge in [0.25, 0.3) is 5.91 Å². The molecule has 3 aromatic heterocycles. The number of nitrogens with zero attached hydrogens (tertiary/aromatic N) is 3. The molecule has 0 saturated carbocycles. The van der Waals surface area contributed by atoms with E-state index in [0.717, 1.165) is 16.6 Å². The highest BCUT2D eigenvalue weighted by Gasteiger charge is 2.14. The van der Waals surface area contributed by atoms with Crippen LogP contribution in [0.5, 0.6) is 0 Å². The number of rotatable bonds is 2. The van der Waals surface area contributed by atoms with Crippen LogP contribution in [0.2, 0.25) is 0 Å². The van der Waals surface area contributed by atoms with Gasteiger partial charge in [0.1, 0.15) is 5.56 Å². The SMILES string of the molecule is O=C(Nc1cccc2[nH]ccc12)c1cnn2cccnc12. The molecule has 0 saturated heterocycles. The molecule has 3 heterocycles. The maximum absolute atomic E-state index is 12.4. The summed E-state index contributed by atoms with van der Waals surface area (Å²) in [4.78, 5) is 19.7. The molecule has 0 bridgehead atoms. The molecule has 4 rings (SSSR count). The molecule has 0 aliphatic heterocycles. The topological polar surface area (TPSA) is 75.1 Å². The van der Waals surface area contributed by atoms with Crippen molar-refractivity contribution in [3.63, 3.8) is 0 Å². The van der Waals surface area contributed by atoms with Crippen LogP contribution in [0, 0.1) is 0 Å². The van der Waals surface area contributed by atoms with E-state index < -0.39 is 0 Å². The van der Waals surface area contributed by atoms with Crippen LogP contribution in [0.25, 0.3) is 16.6 Å². The predicted octanol–water partition coefficient (Wildman–Crippen LogP) is 2.46. The van der Waals surface area contributed by atoms with Gasteiger partial charge >= 0.3 is 0 Å². The number of amides is 1. The number of benzene rings is 1. The molecule has 6 heteroatoms. The fourth-order valence-electron chi connectivity index (χ4n) is 2.37. The van der Waals surface area contributed by atoms with Gasteiger partial charge in [-0.1, -0.05) is 6.07 Å². The highest BCUT2D eigenvalue weighted by Crippen LogP contribution is 2.23. The smallest absolute Gasteiger partial charge is 0.261 e. The normalized spacial score (nSPS) is 11.0. The van der Waals surface area contributed by atoms with Crippen molar-refractivity contribution in [1.29, 1.82) is 0 Å². The highest BCUT2D eigenvalue weighted by molar-refractivity contribution is 6.11. The number of anilines is 1. The minimum absolute atomic E-state index is 0.225. The zero-order valence-corrected chi connectivity index (χ0v) is 10.9. The zero-order chi connectivity index (χ0) is 14.2. The van der Waals surface area contributed by atoms with Gasteiger partial charge < -0.3 is 10.3 Å². The number of hydrogen-bond acceptors (Lipinski definition) is 3. The standard InChI is InChI=1S/C15H11N5O/c21-15(11-9-18-20-8-2-6-17-14(11)20)19-13-4-1-3-12-10(13)5-7-16-12/h1-9,16H,(H,19,21).